The van der Waals surface area contributed by atoms with E-state index in [0.29, 0.717) is 17.5 Å². The van der Waals surface area contributed by atoms with Crippen LogP contribution in [0.1, 0.15) is 11.1 Å². The molecule has 0 bridgehead atoms. The van der Waals surface area contributed by atoms with Crippen LogP contribution in [0.5, 0.6) is 0 Å². The van der Waals surface area contributed by atoms with E-state index in [1.54, 1.807) is 0 Å². The van der Waals surface area contributed by atoms with E-state index >= 15 is 0 Å². The van der Waals surface area contributed by atoms with E-state index in [0.717, 1.165) is 27.8 Å². The van der Waals surface area contributed by atoms with Crippen LogP contribution in [0.3, 0.4) is 0 Å². The zero-order valence-electron chi connectivity index (χ0n) is 24.3. The molecule has 2 heterocycles. The topological polar surface area (TPSA) is 38.7 Å². The molecule has 1 aliphatic heterocycles. The summed E-state index contributed by atoms with van der Waals surface area (Å²) >= 11 is 1.81. The first kappa shape index (κ1) is 27.0. The summed E-state index contributed by atoms with van der Waals surface area (Å²) < 4.78 is 0. The van der Waals surface area contributed by atoms with Crippen molar-refractivity contribution in [2.75, 3.05) is 0 Å². The molecule has 8 rings (SSSR count). The molecule has 7 aromatic rings. The van der Waals surface area contributed by atoms with Crippen molar-refractivity contribution >= 4 is 23.9 Å². The first-order valence-corrected chi connectivity index (χ1v) is 15.8. The van der Waals surface area contributed by atoms with Gasteiger partial charge in [-0.05, 0) is 51.6 Å². The van der Waals surface area contributed by atoms with Crippen molar-refractivity contribution in [1.82, 2.24) is 15.0 Å². The largest absolute Gasteiger partial charge is 0.208 e. The van der Waals surface area contributed by atoms with Gasteiger partial charge in [-0.3, -0.25) is 0 Å². The summed E-state index contributed by atoms with van der Waals surface area (Å²) in [6, 6.07) is 52.7. The minimum Gasteiger partial charge on any atom is -0.208 e. The molecule has 6 aromatic carbocycles. The molecular formula is C41H27N3S. The molecule has 0 N–H and O–H groups in total. The lowest BCUT2D eigenvalue weighted by Crippen LogP contribution is -2.00. The van der Waals surface area contributed by atoms with Crippen molar-refractivity contribution in [1.29, 1.82) is 0 Å². The normalized spacial score (nSPS) is 12.5. The molecule has 3 nitrogen and oxygen atoms in total. The third kappa shape index (κ3) is 5.37. The highest BCUT2D eigenvalue weighted by Crippen LogP contribution is 2.43. The average molecular weight is 594 g/mol. The van der Waals surface area contributed by atoms with Crippen LogP contribution >= 0.6 is 11.8 Å². The second-order valence-corrected chi connectivity index (χ2v) is 11.9. The van der Waals surface area contributed by atoms with E-state index in [1.165, 1.54) is 32.0 Å². The summed E-state index contributed by atoms with van der Waals surface area (Å²) in [6.45, 7) is 0. The SMILES string of the molecule is C1=C\c2cc(-c3nc(-c4ccccc4)nc(-c4ccccc4)n3)ccc2-c2ccccc2Sc2ccccc2-c2ccccc2/1. The van der Waals surface area contributed by atoms with Crippen LogP contribution in [0.2, 0.25) is 0 Å². The van der Waals surface area contributed by atoms with Crippen molar-refractivity contribution in [2.45, 2.75) is 9.79 Å². The summed E-state index contributed by atoms with van der Waals surface area (Å²) in [7, 11) is 0. The predicted octanol–water partition coefficient (Wildman–Crippen LogP) is 10.8. The van der Waals surface area contributed by atoms with Crippen molar-refractivity contribution in [2.24, 2.45) is 0 Å². The molecule has 1 aromatic heterocycles. The molecule has 0 radical (unpaired) electrons. The number of hydrogen-bond acceptors (Lipinski definition) is 4. The monoisotopic (exact) mass is 593 g/mol. The Balaban J connectivity index is 1.33. The standard InChI is InChI=1S/C41H27N3S/c1-3-14-29(15-4-1)39-42-40(30-16-5-2-6-17-30)44-41(43-39)32-25-26-34-31(27-32)24-23-28-13-7-8-18-33(28)35-19-9-11-21-37(35)45-38-22-12-10-20-36(34)38/h1-27H/b24-23-. The molecular weight excluding hydrogens is 567 g/mol. The minimum absolute atomic E-state index is 0.642. The van der Waals surface area contributed by atoms with Gasteiger partial charge in [0.2, 0.25) is 0 Å². The molecule has 1 aliphatic rings. The third-order valence-electron chi connectivity index (χ3n) is 7.99. The van der Waals surface area contributed by atoms with Crippen LogP contribution < -0.4 is 0 Å². The third-order valence-corrected chi connectivity index (χ3v) is 9.14. The van der Waals surface area contributed by atoms with E-state index in [2.05, 4.69) is 103 Å². The Morgan fingerprint density at radius 3 is 1.38 bits per heavy atom. The zero-order valence-corrected chi connectivity index (χ0v) is 25.2. The molecule has 45 heavy (non-hydrogen) atoms. The van der Waals surface area contributed by atoms with E-state index in [-0.39, 0.29) is 0 Å². The van der Waals surface area contributed by atoms with E-state index in [1.807, 2.05) is 72.4 Å². The Morgan fingerprint density at radius 1 is 0.333 bits per heavy atom. The van der Waals surface area contributed by atoms with Gasteiger partial charge in [0.15, 0.2) is 17.5 Å². The Bertz CT molecular complexity index is 2130. The van der Waals surface area contributed by atoms with Gasteiger partial charge in [0.05, 0.1) is 0 Å². The lowest BCUT2D eigenvalue weighted by atomic mass is 9.95. The Hall–Kier alpha value is -5.58. The summed E-state index contributed by atoms with van der Waals surface area (Å²) in [5, 5.41) is 0. The van der Waals surface area contributed by atoms with Crippen molar-refractivity contribution in [3.63, 3.8) is 0 Å². The molecule has 4 heteroatoms. The van der Waals surface area contributed by atoms with Gasteiger partial charge in [-0.1, -0.05) is 157 Å². The van der Waals surface area contributed by atoms with Gasteiger partial charge in [-0.15, -0.1) is 0 Å². The van der Waals surface area contributed by atoms with E-state index < -0.39 is 0 Å². The quantitative estimate of drug-likeness (QED) is 0.204. The second kappa shape index (κ2) is 11.8. The smallest absolute Gasteiger partial charge is 0.164 e. The summed E-state index contributed by atoms with van der Waals surface area (Å²) in [4.78, 5) is 17.3. The summed E-state index contributed by atoms with van der Waals surface area (Å²) in [5.41, 5.74) is 9.92. The number of fused-ring (bicyclic) bond motifs is 6. The second-order valence-electron chi connectivity index (χ2n) is 10.9. The molecule has 0 saturated heterocycles. The van der Waals surface area contributed by atoms with Crippen LogP contribution in [0.25, 0.3) is 68.6 Å². The molecule has 0 spiro atoms. The van der Waals surface area contributed by atoms with Gasteiger partial charge >= 0.3 is 0 Å². The summed E-state index contributed by atoms with van der Waals surface area (Å²) in [5.74, 6) is 1.95. The highest BCUT2D eigenvalue weighted by molar-refractivity contribution is 7.99. The van der Waals surface area contributed by atoms with Crippen LogP contribution in [-0.4, -0.2) is 15.0 Å². The number of nitrogens with zero attached hydrogens (tertiary/aromatic N) is 3. The van der Waals surface area contributed by atoms with Crippen molar-refractivity contribution < 1.29 is 0 Å². The van der Waals surface area contributed by atoms with Gasteiger partial charge in [-0.2, -0.15) is 0 Å². The lowest BCUT2D eigenvalue weighted by molar-refractivity contribution is 1.07. The molecule has 0 aliphatic carbocycles. The highest BCUT2D eigenvalue weighted by atomic mass is 32.2. The van der Waals surface area contributed by atoms with Gasteiger partial charge in [0.25, 0.3) is 0 Å². The fraction of sp³-hybridized carbons (Fsp3) is 0. The molecule has 0 fully saturated rings. The van der Waals surface area contributed by atoms with Gasteiger partial charge in [0.1, 0.15) is 0 Å². The van der Waals surface area contributed by atoms with Gasteiger partial charge in [-0.25, -0.2) is 15.0 Å². The van der Waals surface area contributed by atoms with Crippen LogP contribution in [-0.2, 0) is 0 Å². The molecule has 0 atom stereocenters. The first-order chi connectivity index (χ1) is 22.3. The zero-order chi connectivity index (χ0) is 30.0. The number of hydrogen-bond donors (Lipinski definition) is 0. The number of aromatic nitrogens is 3. The molecule has 0 unspecified atom stereocenters. The Morgan fingerprint density at radius 2 is 0.778 bits per heavy atom. The fourth-order valence-corrected chi connectivity index (χ4v) is 6.87. The van der Waals surface area contributed by atoms with Gasteiger partial charge < -0.3 is 0 Å². The molecule has 0 saturated carbocycles. The number of rotatable bonds is 3. The fourth-order valence-electron chi connectivity index (χ4n) is 5.76. The predicted molar refractivity (Wildman–Crippen MR) is 186 cm³/mol. The maximum Gasteiger partial charge on any atom is 0.164 e. The van der Waals surface area contributed by atoms with E-state index in [9.17, 15) is 0 Å². The molecule has 0 amide bonds. The number of benzene rings is 6. The van der Waals surface area contributed by atoms with Crippen LogP contribution in [0, 0.1) is 0 Å². The average Bonchev–Trinajstić information content (AvgIpc) is 3.14. The summed E-state index contributed by atoms with van der Waals surface area (Å²) in [6.07, 6.45) is 4.45. The Kier molecular flexibility index (Phi) is 7.10. The maximum absolute atomic E-state index is 5.00. The molecule has 212 valence electrons. The lowest BCUT2D eigenvalue weighted by Gasteiger charge is -2.15. The van der Waals surface area contributed by atoms with Crippen molar-refractivity contribution in [3.8, 4) is 56.4 Å². The maximum atomic E-state index is 5.00. The van der Waals surface area contributed by atoms with Crippen LogP contribution in [0.4, 0.5) is 0 Å². The van der Waals surface area contributed by atoms with Gasteiger partial charge in [0, 0.05) is 26.5 Å². The minimum atomic E-state index is 0.642. The van der Waals surface area contributed by atoms with Crippen molar-refractivity contribution in [3.05, 3.63) is 163 Å². The Labute approximate surface area is 267 Å². The highest BCUT2D eigenvalue weighted by Gasteiger charge is 2.17. The van der Waals surface area contributed by atoms with E-state index in [4.69, 9.17) is 15.0 Å². The first-order valence-electron chi connectivity index (χ1n) is 15.0. The van der Waals surface area contributed by atoms with Crippen LogP contribution in [0.15, 0.2) is 161 Å².